The molecule has 0 aliphatic carbocycles. The first-order valence-electron chi connectivity index (χ1n) is 5.28. The molecule has 2 N–H and O–H groups in total. The number of hydrogen-bond acceptors (Lipinski definition) is 3. The maximum absolute atomic E-state index is 10.7. The number of allylic oxidation sites excluding steroid dienone is 1. The molecule has 0 saturated carbocycles. The minimum Gasteiger partial charge on any atom is -0.427 e. The van der Waals surface area contributed by atoms with Crippen LogP contribution in [-0.4, -0.2) is 5.97 Å². The summed E-state index contributed by atoms with van der Waals surface area (Å²) in [6.45, 7) is 5.04. The first-order chi connectivity index (χ1) is 7.63. The number of benzene rings is 1. The van der Waals surface area contributed by atoms with Crippen LogP contribution in [0.4, 0.5) is 0 Å². The topological polar surface area (TPSA) is 52.3 Å². The molecule has 0 heterocycles. The smallest absolute Gasteiger partial charge is 0.308 e. The minimum atomic E-state index is -0.316. The van der Waals surface area contributed by atoms with E-state index in [-0.39, 0.29) is 12.0 Å². The van der Waals surface area contributed by atoms with Gasteiger partial charge in [-0.15, -0.1) is 6.58 Å². The van der Waals surface area contributed by atoms with Crippen LogP contribution in [0.3, 0.4) is 0 Å². The molecule has 3 heteroatoms. The van der Waals surface area contributed by atoms with Crippen LogP contribution in [0, 0.1) is 0 Å². The average molecular weight is 219 g/mol. The second kappa shape index (κ2) is 6.08. The van der Waals surface area contributed by atoms with E-state index in [9.17, 15) is 4.79 Å². The molecular weight excluding hydrogens is 202 g/mol. The van der Waals surface area contributed by atoms with Gasteiger partial charge in [-0.3, -0.25) is 4.79 Å². The van der Waals surface area contributed by atoms with Crippen molar-refractivity contribution in [1.82, 2.24) is 0 Å². The lowest BCUT2D eigenvalue weighted by atomic mass is 10.0. The number of carbonyl (C=O) groups excluding carboxylic acids is 1. The molecule has 0 aliphatic rings. The minimum absolute atomic E-state index is 0.00405. The largest absolute Gasteiger partial charge is 0.427 e. The Hall–Kier alpha value is -1.61. The van der Waals surface area contributed by atoms with Crippen LogP contribution in [0.1, 0.15) is 31.4 Å². The molecule has 1 aromatic rings. The van der Waals surface area contributed by atoms with E-state index in [4.69, 9.17) is 10.5 Å². The van der Waals surface area contributed by atoms with Crippen LogP contribution in [0.2, 0.25) is 0 Å². The molecule has 0 saturated heterocycles. The molecule has 0 amide bonds. The number of esters is 1. The third kappa shape index (κ3) is 3.87. The van der Waals surface area contributed by atoms with Crippen LogP contribution in [0.5, 0.6) is 5.75 Å². The molecule has 16 heavy (non-hydrogen) atoms. The number of ether oxygens (including phenoxy) is 1. The molecule has 0 spiro atoms. The van der Waals surface area contributed by atoms with E-state index in [0.29, 0.717) is 5.75 Å². The number of carbonyl (C=O) groups is 1. The highest BCUT2D eigenvalue weighted by molar-refractivity contribution is 5.69. The van der Waals surface area contributed by atoms with E-state index >= 15 is 0 Å². The summed E-state index contributed by atoms with van der Waals surface area (Å²) < 4.78 is 4.93. The maximum atomic E-state index is 10.7. The molecule has 0 aliphatic heterocycles. The Morgan fingerprint density at radius 1 is 1.50 bits per heavy atom. The second-order valence-electron chi connectivity index (χ2n) is 3.64. The van der Waals surface area contributed by atoms with E-state index < -0.39 is 0 Å². The summed E-state index contributed by atoms with van der Waals surface area (Å²) in [7, 11) is 0. The van der Waals surface area contributed by atoms with Gasteiger partial charge in [0.05, 0.1) is 0 Å². The van der Waals surface area contributed by atoms with Gasteiger partial charge in [-0.2, -0.15) is 0 Å². The Bertz CT molecular complexity index is 357. The Labute approximate surface area is 95.9 Å². The van der Waals surface area contributed by atoms with Gasteiger partial charge in [0, 0.05) is 13.0 Å². The summed E-state index contributed by atoms with van der Waals surface area (Å²) in [4.78, 5) is 10.7. The van der Waals surface area contributed by atoms with Crippen molar-refractivity contribution in [2.24, 2.45) is 5.73 Å². The zero-order valence-corrected chi connectivity index (χ0v) is 9.48. The van der Waals surface area contributed by atoms with Crippen molar-refractivity contribution in [3.8, 4) is 5.75 Å². The average Bonchev–Trinajstić information content (AvgIpc) is 2.26. The normalized spacial score (nSPS) is 11.9. The first kappa shape index (κ1) is 12.5. The lowest BCUT2D eigenvalue weighted by molar-refractivity contribution is -0.131. The maximum Gasteiger partial charge on any atom is 0.308 e. The lowest BCUT2D eigenvalue weighted by Crippen LogP contribution is -2.09. The number of rotatable bonds is 5. The van der Waals surface area contributed by atoms with Gasteiger partial charge in [-0.05, 0) is 30.5 Å². The fourth-order valence-corrected chi connectivity index (χ4v) is 1.41. The van der Waals surface area contributed by atoms with E-state index in [1.807, 2.05) is 18.2 Å². The van der Waals surface area contributed by atoms with E-state index in [1.165, 1.54) is 6.92 Å². The summed E-state index contributed by atoms with van der Waals surface area (Å²) in [5.41, 5.74) is 7.02. The Kier molecular flexibility index (Phi) is 4.73. The van der Waals surface area contributed by atoms with Crippen molar-refractivity contribution in [3.05, 3.63) is 42.5 Å². The molecule has 0 fully saturated rings. The summed E-state index contributed by atoms with van der Waals surface area (Å²) in [5.74, 6) is 0.232. The summed E-state index contributed by atoms with van der Waals surface area (Å²) >= 11 is 0. The first-order valence-corrected chi connectivity index (χ1v) is 5.28. The highest BCUT2D eigenvalue weighted by Gasteiger charge is 2.05. The molecule has 0 radical (unpaired) electrons. The summed E-state index contributed by atoms with van der Waals surface area (Å²) in [6.07, 6.45) is 3.62. The Morgan fingerprint density at radius 2 is 2.12 bits per heavy atom. The predicted octanol–water partition coefficient (Wildman–Crippen LogP) is 2.58. The van der Waals surface area contributed by atoms with Gasteiger partial charge in [-0.1, -0.05) is 18.2 Å². The molecule has 1 aromatic carbocycles. The highest BCUT2D eigenvalue weighted by Crippen LogP contribution is 2.19. The second-order valence-corrected chi connectivity index (χ2v) is 3.64. The van der Waals surface area contributed by atoms with Gasteiger partial charge >= 0.3 is 5.97 Å². The standard InChI is InChI=1S/C13H17NO2/c1-3-4-5-13(14)11-6-8-12(9-7-11)16-10(2)15/h3,6-9,13H,1,4-5,14H2,2H3/t13-/m0/s1. The molecular formula is C13H17NO2. The van der Waals surface area contributed by atoms with Gasteiger partial charge in [0.2, 0.25) is 0 Å². The zero-order valence-electron chi connectivity index (χ0n) is 9.48. The van der Waals surface area contributed by atoms with E-state index in [2.05, 4.69) is 6.58 Å². The fraction of sp³-hybridized carbons (Fsp3) is 0.308. The quantitative estimate of drug-likeness (QED) is 0.470. The number of hydrogen-bond donors (Lipinski definition) is 1. The Morgan fingerprint density at radius 3 is 2.62 bits per heavy atom. The van der Waals surface area contributed by atoms with E-state index in [0.717, 1.165) is 18.4 Å². The van der Waals surface area contributed by atoms with Crippen LogP contribution in [-0.2, 0) is 4.79 Å². The molecule has 86 valence electrons. The highest BCUT2D eigenvalue weighted by atomic mass is 16.5. The fourth-order valence-electron chi connectivity index (χ4n) is 1.41. The number of nitrogens with two attached hydrogens (primary N) is 1. The van der Waals surface area contributed by atoms with Crippen molar-refractivity contribution < 1.29 is 9.53 Å². The van der Waals surface area contributed by atoms with Crippen molar-refractivity contribution in [1.29, 1.82) is 0 Å². The van der Waals surface area contributed by atoms with Crippen molar-refractivity contribution in [3.63, 3.8) is 0 Å². The summed E-state index contributed by atoms with van der Waals surface area (Å²) in [6, 6.07) is 7.27. The summed E-state index contributed by atoms with van der Waals surface area (Å²) in [5, 5.41) is 0. The zero-order chi connectivity index (χ0) is 12.0. The van der Waals surface area contributed by atoms with Gasteiger partial charge in [-0.25, -0.2) is 0 Å². The van der Waals surface area contributed by atoms with Gasteiger partial charge in [0.25, 0.3) is 0 Å². The van der Waals surface area contributed by atoms with Crippen molar-refractivity contribution in [2.45, 2.75) is 25.8 Å². The van der Waals surface area contributed by atoms with Crippen molar-refractivity contribution >= 4 is 5.97 Å². The SMILES string of the molecule is C=CCC[C@H](N)c1ccc(OC(C)=O)cc1. The third-order valence-electron chi connectivity index (χ3n) is 2.25. The van der Waals surface area contributed by atoms with Crippen LogP contribution in [0.15, 0.2) is 36.9 Å². The Balaban J connectivity index is 2.62. The monoisotopic (exact) mass is 219 g/mol. The van der Waals surface area contributed by atoms with Crippen LogP contribution in [0.25, 0.3) is 0 Å². The van der Waals surface area contributed by atoms with Gasteiger partial charge in [0.15, 0.2) is 0 Å². The van der Waals surface area contributed by atoms with Gasteiger partial charge < -0.3 is 10.5 Å². The van der Waals surface area contributed by atoms with E-state index in [1.54, 1.807) is 12.1 Å². The third-order valence-corrected chi connectivity index (χ3v) is 2.25. The van der Waals surface area contributed by atoms with Crippen molar-refractivity contribution in [2.75, 3.05) is 0 Å². The molecule has 0 unspecified atom stereocenters. The molecule has 1 rings (SSSR count). The van der Waals surface area contributed by atoms with Gasteiger partial charge in [0.1, 0.15) is 5.75 Å². The van der Waals surface area contributed by atoms with Crippen LogP contribution < -0.4 is 10.5 Å². The molecule has 1 atom stereocenters. The molecule has 0 aromatic heterocycles. The molecule has 3 nitrogen and oxygen atoms in total. The predicted molar refractivity (Wildman–Crippen MR) is 64.1 cm³/mol. The molecule has 0 bridgehead atoms. The lowest BCUT2D eigenvalue weighted by Gasteiger charge is -2.11. The van der Waals surface area contributed by atoms with Crippen LogP contribution >= 0.6 is 0 Å².